The van der Waals surface area contributed by atoms with Crippen LogP contribution in [0.3, 0.4) is 0 Å². The van der Waals surface area contributed by atoms with E-state index in [1.54, 1.807) is 12.1 Å². The third-order valence-electron chi connectivity index (χ3n) is 4.14. The van der Waals surface area contributed by atoms with E-state index in [1.165, 1.54) is 0 Å². The first kappa shape index (κ1) is 17.9. The van der Waals surface area contributed by atoms with Crippen LogP contribution in [0.2, 0.25) is 0 Å². The maximum Gasteiger partial charge on any atom is 0.241 e. The summed E-state index contributed by atoms with van der Waals surface area (Å²) in [6.45, 7) is 6.19. The molecular weight excluding hydrogens is 328 g/mol. The number of benzene rings is 1. The fraction of sp³-hybridized carbons (Fsp3) is 0.300. The van der Waals surface area contributed by atoms with Crippen molar-refractivity contribution in [1.82, 2.24) is 9.38 Å². The second kappa shape index (κ2) is 7.17. The van der Waals surface area contributed by atoms with E-state index in [4.69, 9.17) is 10.5 Å². The lowest BCUT2D eigenvalue weighted by molar-refractivity contribution is -0.119. The van der Waals surface area contributed by atoms with Gasteiger partial charge in [0.25, 0.3) is 0 Å². The number of carbonyl (C=O) groups excluding carboxylic acids is 1. The van der Waals surface area contributed by atoms with Crippen molar-refractivity contribution < 1.29 is 9.53 Å². The average Bonchev–Trinajstić information content (AvgIpc) is 3.02. The van der Waals surface area contributed by atoms with E-state index < -0.39 is 6.04 Å². The van der Waals surface area contributed by atoms with Gasteiger partial charge in [-0.2, -0.15) is 0 Å². The highest BCUT2D eigenvalue weighted by molar-refractivity contribution is 5.95. The molecule has 6 nitrogen and oxygen atoms in total. The minimum atomic E-state index is -0.575. The molecule has 3 aromatic rings. The molecule has 0 unspecified atom stereocenters. The van der Waals surface area contributed by atoms with Crippen LogP contribution in [-0.4, -0.2) is 21.3 Å². The van der Waals surface area contributed by atoms with Gasteiger partial charge in [-0.05, 0) is 41.8 Å². The Labute approximate surface area is 153 Å². The first-order valence-electron chi connectivity index (χ1n) is 8.55. The first-order valence-corrected chi connectivity index (χ1v) is 8.55. The number of rotatable bonds is 5. The SMILES string of the molecule is CC(C)(C)[C@H](N)C(=O)Nc1ccc(OCc2cn3ccccc3n2)cc1. The average molecular weight is 352 g/mol. The fourth-order valence-electron chi connectivity index (χ4n) is 2.46. The van der Waals surface area contributed by atoms with Crippen molar-refractivity contribution in [1.29, 1.82) is 0 Å². The van der Waals surface area contributed by atoms with Crippen molar-refractivity contribution >= 4 is 17.2 Å². The number of hydrogen-bond acceptors (Lipinski definition) is 4. The van der Waals surface area contributed by atoms with E-state index >= 15 is 0 Å². The Balaban J connectivity index is 1.58. The summed E-state index contributed by atoms with van der Waals surface area (Å²) in [5.74, 6) is 0.510. The number of hydrogen-bond donors (Lipinski definition) is 2. The van der Waals surface area contributed by atoms with Gasteiger partial charge >= 0.3 is 0 Å². The largest absolute Gasteiger partial charge is 0.487 e. The number of imidazole rings is 1. The Morgan fingerprint density at radius 1 is 1.23 bits per heavy atom. The smallest absolute Gasteiger partial charge is 0.241 e. The molecule has 1 amide bonds. The fourth-order valence-corrected chi connectivity index (χ4v) is 2.46. The zero-order valence-electron chi connectivity index (χ0n) is 15.3. The number of aromatic nitrogens is 2. The molecule has 6 heteroatoms. The summed E-state index contributed by atoms with van der Waals surface area (Å²) in [7, 11) is 0. The number of nitrogens with two attached hydrogens (primary N) is 1. The number of nitrogens with zero attached hydrogens (tertiary/aromatic N) is 2. The van der Waals surface area contributed by atoms with Crippen molar-refractivity contribution in [2.45, 2.75) is 33.4 Å². The quantitative estimate of drug-likeness (QED) is 0.739. The van der Waals surface area contributed by atoms with Crippen molar-refractivity contribution in [3.63, 3.8) is 0 Å². The molecule has 26 heavy (non-hydrogen) atoms. The summed E-state index contributed by atoms with van der Waals surface area (Å²) in [5.41, 5.74) is 8.11. The second-order valence-corrected chi connectivity index (χ2v) is 7.34. The van der Waals surface area contributed by atoms with Crippen LogP contribution in [0.15, 0.2) is 54.9 Å². The van der Waals surface area contributed by atoms with Gasteiger partial charge in [0.05, 0.1) is 11.7 Å². The van der Waals surface area contributed by atoms with Gasteiger partial charge in [-0.1, -0.05) is 26.8 Å². The lowest BCUT2D eigenvalue weighted by atomic mass is 9.87. The molecule has 3 rings (SSSR count). The van der Waals surface area contributed by atoms with Gasteiger partial charge in [0, 0.05) is 18.1 Å². The van der Waals surface area contributed by atoms with E-state index in [1.807, 2.05) is 67.9 Å². The zero-order chi connectivity index (χ0) is 18.7. The maximum absolute atomic E-state index is 12.2. The van der Waals surface area contributed by atoms with Crippen molar-refractivity contribution in [3.05, 3.63) is 60.6 Å². The lowest BCUT2D eigenvalue weighted by Crippen LogP contribution is -2.45. The summed E-state index contributed by atoms with van der Waals surface area (Å²) >= 11 is 0. The summed E-state index contributed by atoms with van der Waals surface area (Å²) in [6, 6.07) is 12.5. The number of fused-ring (bicyclic) bond motifs is 1. The van der Waals surface area contributed by atoms with Crippen LogP contribution in [0.1, 0.15) is 26.5 Å². The summed E-state index contributed by atoms with van der Waals surface area (Å²) in [5, 5.41) is 2.83. The van der Waals surface area contributed by atoms with Gasteiger partial charge in [0.2, 0.25) is 5.91 Å². The molecule has 0 radical (unpaired) electrons. The Kier molecular flexibility index (Phi) is 4.95. The Morgan fingerprint density at radius 3 is 2.62 bits per heavy atom. The van der Waals surface area contributed by atoms with Gasteiger partial charge < -0.3 is 20.2 Å². The molecule has 0 fully saturated rings. The van der Waals surface area contributed by atoms with Crippen LogP contribution in [0, 0.1) is 5.41 Å². The third-order valence-corrected chi connectivity index (χ3v) is 4.14. The van der Waals surface area contributed by atoms with Crippen LogP contribution >= 0.6 is 0 Å². The zero-order valence-corrected chi connectivity index (χ0v) is 15.3. The molecule has 0 aliphatic carbocycles. The highest BCUT2D eigenvalue weighted by Crippen LogP contribution is 2.21. The van der Waals surface area contributed by atoms with E-state index in [0.717, 1.165) is 11.3 Å². The Bertz CT molecular complexity index is 861. The molecule has 0 spiro atoms. The molecule has 0 saturated heterocycles. The Morgan fingerprint density at radius 2 is 1.96 bits per heavy atom. The molecule has 0 aliphatic rings. The van der Waals surface area contributed by atoms with E-state index in [0.29, 0.717) is 18.0 Å². The molecule has 0 saturated carbocycles. The molecule has 136 valence electrons. The number of nitrogens with one attached hydrogen (secondary N) is 1. The van der Waals surface area contributed by atoms with Crippen molar-refractivity contribution in [3.8, 4) is 5.75 Å². The minimum Gasteiger partial charge on any atom is -0.487 e. The van der Waals surface area contributed by atoms with Gasteiger partial charge in [0.15, 0.2) is 0 Å². The van der Waals surface area contributed by atoms with Gasteiger partial charge in [-0.25, -0.2) is 4.98 Å². The molecule has 0 bridgehead atoms. The lowest BCUT2D eigenvalue weighted by Gasteiger charge is -2.25. The van der Waals surface area contributed by atoms with Crippen LogP contribution in [0.5, 0.6) is 5.75 Å². The molecular formula is C20H24N4O2. The number of amides is 1. The molecule has 3 N–H and O–H groups in total. The predicted octanol–water partition coefficient (Wildman–Crippen LogP) is 3.23. The van der Waals surface area contributed by atoms with Crippen LogP contribution in [-0.2, 0) is 11.4 Å². The number of ether oxygens (including phenoxy) is 1. The van der Waals surface area contributed by atoms with E-state index in [2.05, 4.69) is 10.3 Å². The second-order valence-electron chi connectivity index (χ2n) is 7.34. The monoisotopic (exact) mass is 352 g/mol. The standard InChI is InChI=1S/C20H24N4O2/c1-20(2,3)18(21)19(25)23-14-7-9-16(10-8-14)26-13-15-12-24-11-5-4-6-17(24)22-15/h4-12,18H,13,21H2,1-3H3,(H,23,25)/t18-/m1/s1. The van der Waals surface area contributed by atoms with Crippen molar-refractivity contribution in [2.75, 3.05) is 5.32 Å². The van der Waals surface area contributed by atoms with Gasteiger partial charge in [0.1, 0.15) is 18.0 Å². The number of pyridine rings is 1. The Hall–Kier alpha value is -2.86. The highest BCUT2D eigenvalue weighted by Gasteiger charge is 2.27. The highest BCUT2D eigenvalue weighted by atomic mass is 16.5. The van der Waals surface area contributed by atoms with Crippen molar-refractivity contribution in [2.24, 2.45) is 11.1 Å². The number of anilines is 1. The van der Waals surface area contributed by atoms with Crippen LogP contribution in [0.25, 0.3) is 5.65 Å². The minimum absolute atomic E-state index is 0.198. The normalized spacial score (nSPS) is 12.8. The third kappa shape index (κ3) is 4.21. The van der Waals surface area contributed by atoms with Gasteiger partial charge in [-0.15, -0.1) is 0 Å². The van der Waals surface area contributed by atoms with Gasteiger partial charge in [-0.3, -0.25) is 4.79 Å². The molecule has 0 aliphatic heterocycles. The number of carbonyl (C=O) groups is 1. The van der Waals surface area contributed by atoms with E-state index in [9.17, 15) is 4.79 Å². The van der Waals surface area contributed by atoms with E-state index in [-0.39, 0.29) is 11.3 Å². The first-order chi connectivity index (χ1) is 12.3. The molecule has 1 aromatic carbocycles. The summed E-state index contributed by atoms with van der Waals surface area (Å²) in [6.07, 6.45) is 3.89. The van der Waals surface area contributed by atoms with Crippen LogP contribution < -0.4 is 15.8 Å². The molecule has 1 atom stereocenters. The topological polar surface area (TPSA) is 81.7 Å². The molecule has 2 aromatic heterocycles. The maximum atomic E-state index is 12.2. The van der Waals surface area contributed by atoms with Crippen LogP contribution in [0.4, 0.5) is 5.69 Å². The predicted molar refractivity (Wildman–Crippen MR) is 102 cm³/mol. The molecule has 2 heterocycles. The summed E-state index contributed by atoms with van der Waals surface area (Å²) in [4.78, 5) is 16.7. The summed E-state index contributed by atoms with van der Waals surface area (Å²) < 4.78 is 7.72.